The average molecular weight is 938 g/mol. The number of rotatable bonds is 20. The van der Waals surface area contributed by atoms with Crippen molar-refractivity contribution in [1.82, 2.24) is 14.7 Å². The molecule has 0 aliphatic carbocycles. The van der Waals surface area contributed by atoms with E-state index in [1.165, 1.54) is 25.2 Å². The van der Waals surface area contributed by atoms with E-state index in [1.807, 2.05) is 0 Å². The lowest BCUT2D eigenvalue weighted by Crippen LogP contribution is -2.46. The number of ether oxygens (including phenoxy) is 5. The van der Waals surface area contributed by atoms with Gasteiger partial charge >= 0.3 is 6.09 Å². The fourth-order valence-corrected chi connectivity index (χ4v) is 9.08. The van der Waals surface area contributed by atoms with Gasteiger partial charge in [-0.2, -0.15) is 0 Å². The first kappa shape index (κ1) is 52.6. The number of nitrogen functional groups attached to an aromatic ring is 2. The largest absolute Gasteiger partial charge is 0.493 e. The molecule has 2 fully saturated rings. The Kier molecular flexibility index (Phi) is 17.5. The highest BCUT2D eigenvalue weighted by atomic mass is 28.4. The maximum Gasteiger partial charge on any atom is 0.410 e. The monoisotopic (exact) mass is 938 g/mol. The number of nitrogens with zero attached hydrogens (tertiary/aromatic N) is 3. The van der Waals surface area contributed by atoms with E-state index in [9.17, 15) is 14.4 Å². The molecule has 0 bridgehead atoms. The predicted molar refractivity (Wildman–Crippen MR) is 262 cm³/mol. The molecular weight excluding hydrogens is 863 g/mol. The predicted octanol–water partition coefficient (Wildman–Crippen LogP) is 8.54. The highest BCUT2D eigenvalue weighted by Crippen LogP contribution is 2.40. The maximum absolute atomic E-state index is 14.0. The van der Waals surface area contributed by atoms with E-state index in [4.69, 9.17) is 44.0 Å². The number of anilines is 2. The molecule has 0 radical (unpaired) electrons. The summed E-state index contributed by atoms with van der Waals surface area (Å²) in [6, 6.07) is 5.91. The zero-order valence-electron chi connectivity index (χ0n) is 41.0. The second-order valence-corrected chi connectivity index (χ2v) is 29.6. The minimum absolute atomic E-state index is 0.00197. The van der Waals surface area contributed by atoms with Crippen LogP contribution in [0.1, 0.15) is 75.1 Å². The van der Waals surface area contributed by atoms with Gasteiger partial charge in [0.1, 0.15) is 19.8 Å². The van der Waals surface area contributed by atoms with Crippen LogP contribution >= 0.6 is 0 Å². The van der Waals surface area contributed by atoms with E-state index in [0.717, 1.165) is 11.1 Å². The van der Waals surface area contributed by atoms with Crippen LogP contribution in [0.25, 0.3) is 0 Å². The molecule has 3 amide bonds. The van der Waals surface area contributed by atoms with E-state index in [-0.39, 0.29) is 89.4 Å². The van der Waals surface area contributed by atoms with Crippen molar-refractivity contribution in [2.45, 2.75) is 103 Å². The van der Waals surface area contributed by atoms with Crippen molar-refractivity contribution in [2.24, 2.45) is 0 Å². The maximum atomic E-state index is 14.0. The molecule has 2 heterocycles. The summed E-state index contributed by atoms with van der Waals surface area (Å²) in [6.07, 6.45) is 2.15. The molecule has 360 valence electrons. The molecule has 0 saturated carbocycles. The smallest absolute Gasteiger partial charge is 0.410 e. The Morgan fingerprint density at radius 2 is 1.09 bits per heavy atom. The zero-order chi connectivity index (χ0) is 48.7. The van der Waals surface area contributed by atoms with Crippen molar-refractivity contribution < 1.29 is 46.9 Å². The molecule has 15 nitrogen and oxygen atoms in total. The molecule has 2 saturated heterocycles. The Balaban J connectivity index is 1.42. The Morgan fingerprint density at radius 3 is 1.43 bits per heavy atom. The van der Waals surface area contributed by atoms with Crippen LogP contribution in [0.5, 0.6) is 23.0 Å². The van der Waals surface area contributed by atoms with E-state index in [1.54, 1.807) is 34.1 Å². The zero-order valence-corrected chi connectivity index (χ0v) is 43.0. The first-order valence-corrected chi connectivity index (χ1v) is 28.0. The topological polar surface area (TPSA) is 178 Å². The van der Waals surface area contributed by atoms with Gasteiger partial charge in [0.05, 0.1) is 63.7 Å². The summed E-state index contributed by atoms with van der Waals surface area (Å²) in [7, 11) is -1.16. The Bertz CT molecular complexity index is 1950. The molecule has 4 rings (SSSR count). The molecule has 17 heteroatoms. The third-order valence-electron chi connectivity index (χ3n) is 13.1. The number of likely N-dealkylation sites (tertiary alicyclic amines) is 2. The van der Waals surface area contributed by atoms with Gasteiger partial charge in [-0.1, -0.05) is 78.5 Å². The van der Waals surface area contributed by atoms with Gasteiger partial charge in [0.2, 0.25) is 0 Å². The number of carbonyl (C=O) groups is 3. The number of methoxy groups -OCH3 is 2. The van der Waals surface area contributed by atoms with Crippen LogP contribution in [-0.2, 0) is 13.6 Å². The second kappa shape index (κ2) is 21.6. The van der Waals surface area contributed by atoms with Gasteiger partial charge in [0.25, 0.3) is 11.8 Å². The molecular formula is C48H75N5O10Si2. The van der Waals surface area contributed by atoms with Crippen molar-refractivity contribution in [2.75, 3.05) is 84.9 Å². The van der Waals surface area contributed by atoms with Crippen molar-refractivity contribution in [3.05, 3.63) is 72.4 Å². The van der Waals surface area contributed by atoms with Crippen molar-refractivity contribution in [3.63, 3.8) is 0 Å². The van der Waals surface area contributed by atoms with Gasteiger partial charge in [-0.3, -0.25) is 9.59 Å². The molecule has 2 atom stereocenters. The SMILES string of the molecule is C=CCOC(=O)N(CCOc1cc(N)c(C(=O)N2CC(=C)C[C@H]2CO[Si](C)(C)C(C)(C)C)cc1OC)CCOc1cc(N)c(C(=O)N2CC(=C)C[C@H]2CO[Si](C)(C)C(C)(C)C)cc1OC. The molecule has 0 unspecified atom stereocenters. The van der Waals surface area contributed by atoms with Gasteiger partial charge < -0.3 is 58.7 Å². The lowest BCUT2D eigenvalue weighted by molar-refractivity contribution is 0.0680. The highest BCUT2D eigenvalue weighted by molar-refractivity contribution is 6.74. The van der Waals surface area contributed by atoms with Gasteiger partial charge in [-0.25, -0.2) is 4.79 Å². The number of amides is 3. The lowest BCUT2D eigenvalue weighted by Gasteiger charge is -2.38. The highest BCUT2D eigenvalue weighted by Gasteiger charge is 2.42. The van der Waals surface area contributed by atoms with E-state index in [0.29, 0.717) is 62.1 Å². The van der Waals surface area contributed by atoms with Crippen LogP contribution in [0.3, 0.4) is 0 Å². The summed E-state index contributed by atoms with van der Waals surface area (Å²) in [5.74, 6) is 0.691. The van der Waals surface area contributed by atoms with E-state index >= 15 is 0 Å². The standard InChI is InChI=1S/C48H75N5O10Si2/c1-16-19-61-46(56)51(17-20-59-42-26-38(49)36(24-40(42)57-10)44(54)52-28-32(2)22-34(52)30-62-64(12,13)47(4,5)6)18-21-60-43-27-39(50)37(25-41(43)58-11)45(55)53-29-33(3)23-35(53)31-63-65(14,15)48(7,8)9/h16,24-27,34-35H,1-3,17-23,28-31,49-50H2,4-15H3/t34-,35-/m0/s1. The summed E-state index contributed by atoms with van der Waals surface area (Å²) in [5, 5.41) is 0.0528. The van der Waals surface area contributed by atoms with Crippen LogP contribution in [0.15, 0.2) is 61.2 Å². The number of hydrogen-bond donors (Lipinski definition) is 2. The van der Waals surface area contributed by atoms with Gasteiger partial charge in [0.15, 0.2) is 39.6 Å². The number of hydrogen-bond acceptors (Lipinski definition) is 12. The van der Waals surface area contributed by atoms with Gasteiger partial charge in [-0.05, 0) is 61.2 Å². The normalized spacial score (nSPS) is 17.0. The minimum Gasteiger partial charge on any atom is -0.493 e. The molecule has 2 aliphatic rings. The molecule has 4 N–H and O–H groups in total. The van der Waals surface area contributed by atoms with Gasteiger partial charge in [0, 0.05) is 36.6 Å². The Hall–Kier alpha value is -4.98. The Labute approximate surface area is 389 Å². The summed E-state index contributed by atoms with van der Waals surface area (Å²) in [5.41, 5.74) is 15.9. The fraction of sp³-hybridized carbons (Fsp3) is 0.562. The van der Waals surface area contributed by atoms with Crippen molar-refractivity contribution in [1.29, 1.82) is 0 Å². The third-order valence-corrected chi connectivity index (χ3v) is 22.1. The lowest BCUT2D eigenvalue weighted by atomic mass is 10.1. The van der Waals surface area contributed by atoms with Gasteiger partial charge in [-0.15, -0.1) is 0 Å². The van der Waals surface area contributed by atoms with Crippen LogP contribution in [0, 0.1) is 0 Å². The van der Waals surface area contributed by atoms with Crippen molar-refractivity contribution in [3.8, 4) is 23.0 Å². The minimum atomic E-state index is -2.06. The van der Waals surface area contributed by atoms with Crippen LogP contribution < -0.4 is 30.4 Å². The summed E-state index contributed by atoms with van der Waals surface area (Å²) in [4.78, 5) is 46.1. The fourth-order valence-electron chi connectivity index (χ4n) is 6.99. The number of nitrogens with two attached hydrogens (primary N) is 2. The summed E-state index contributed by atoms with van der Waals surface area (Å²) in [6.45, 7) is 35.7. The summed E-state index contributed by atoms with van der Waals surface area (Å²) < 4.78 is 41.9. The molecule has 2 aliphatic heterocycles. The second-order valence-electron chi connectivity index (χ2n) is 20.0. The first-order chi connectivity index (χ1) is 30.2. The third kappa shape index (κ3) is 13.1. The molecule has 0 spiro atoms. The quantitative estimate of drug-likeness (QED) is 0.0736. The molecule has 2 aromatic rings. The molecule has 65 heavy (non-hydrogen) atoms. The van der Waals surface area contributed by atoms with Crippen LogP contribution in [0.2, 0.25) is 36.3 Å². The average Bonchev–Trinajstić information content (AvgIpc) is 3.80. The van der Waals surface area contributed by atoms with Crippen molar-refractivity contribution >= 4 is 45.9 Å². The molecule has 2 aromatic carbocycles. The van der Waals surface area contributed by atoms with E-state index in [2.05, 4.69) is 87.5 Å². The van der Waals surface area contributed by atoms with Crippen LogP contribution in [-0.4, -0.2) is 135 Å². The number of carbonyl (C=O) groups excluding carboxylic acids is 3. The van der Waals surface area contributed by atoms with Crippen LogP contribution in [0.4, 0.5) is 16.2 Å². The summed E-state index contributed by atoms with van der Waals surface area (Å²) >= 11 is 0. The van der Waals surface area contributed by atoms with E-state index < -0.39 is 22.7 Å². The molecule has 0 aromatic heterocycles. The Morgan fingerprint density at radius 1 is 0.708 bits per heavy atom. The number of benzene rings is 2. The first-order valence-electron chi connectivity index (χ1n) is 22.2.